The molecule has 15 nitrogen and oxygen atoms in total. The van der Waals surface area contributed by atoms with Crippen molar-refractivity contribution in [1.29, 1.82) is 0 Å². The van der Waals surface area contributed by atoms with Crippen molar-refractivity contribution in [2.75, 3.05) is 59.2 Å². The van der Waals surface area contributed by atoms with Gasteiger partial charge in [0.05, 0.1) is 53.6 Å². The molecule has 3 atom stereocenters. The third-order valence-corrected chi connectivity index (χ3v) is 13.6. The summed E-state index contributed by atoms with van der Waals surface area (Å²) in [6.45, 7) is 14.6. The molecule has 18 heteroatoms. The van der Waals surface area contributed by atoms with Crippen molar-refractivity contribution >= 4 is 39.5 Å². The molecule has 1 spiro atoms. The first-order chi connectivity index (χ1) is 30.8. The molecule has 1 N–H and O–H groups in total. The topological polar surface area (TPSA) is 156 Å². The highest BCUT2D eigenvalue weighted by Crippen LogP contribution is 2.48. The molecule has 7 heterocycles. The maximum atomic E-state index is 17.6. The molecule has 1 amide bonds. The lowest BCUT2D eigenvalue weighted by atomic mass is 9.65. The lowest BCUT2D eigenvalue weighted by Crippen LogP contribution is -2.66. The molecule has 0 bridgehead atoms. The number of pyridine rings is 1. The van der Waals surface area contributed by atoms with E-state index in [-0.39, 0.29) is 67.0 Å². The Morgan fingerprint density at radius 2 is 1.85 bits per heavy atom. The van der Waals surface area contributed by atoms with Gasteiger partial charge >= 0.3 is 12.1 Å². The van der Waals surface area contributed by atoms with Crippen molar-refractivity contribution in [3.8, 4) is 23.1 Å². The minimum atomic E-state index is -1.02. The maximum absolute atomic E-state index is 17.6. The molecule has 5 fully saturated rings. The van der Waals surface area contributed by atoms with Gasteiger partial charge in [0.15, 0.2) is 12.0 Å². The lowest BCUT2D eigenvalue weighted by Gasteiger charge is -2.56. The van der Waals surface area contributed by atoms with E-state index in [4.69, 9.17) is 50.1 Å². The molecule has 1 aromatic carbocycles. The van der Waals surface area contributed by atoms with Crippen LogP contribution in [0.4, 0.5) is 13.6 Å². The molecule has 354 valence electrons. The third-order valence-electron chi connectivity index (χ3n) is 13.3. The third kappa shape index (κ3) is 9.60. The van der Waals surface area contributed by atoms with Crippen LogP contribution in [0.2, 0.25) is 5.02 Å². The summed E-state index contributed by atoms with van der Waals surface area (Å²) in [4.78, 5) is 30.6. The number of hydrogen-bond acceptors (Lipinski definition) is 13. The van der Waals surface area contributed by atoms with Crippen LogP contribution in [-0.4, -0.2) is 139 Å². The number of halogens is 3. The van der Waals surface area contributed by atoms with Crippen molar-refractivity contribution in [2.45, 2.75) is 146 Å². The molecule has 1 unspecified atom stereocenters. The average Bonchev–Trinajstić information content (AvgIpc) is 3.91. The summed E-state index contributed by atoms with van der Waals surface area (Å²) in [5.74, 6) is -0.602. The standard InChI is InChI=1S/C47H62ClF2N7O8/c1-43(2,3)64-40-32-22-51-39(37(50)38(32)53-41(54-40)62-28-45-12-9-14-56(45)24-29(49)21-45)36-30(33(48)20-34-31(36)23-52-57(34)35-10-7-8-16-61-35)11-17-60-18-13-46(59)25-47(26-46)27-55(15-19-63-47)42(58)65-44(4,5)6/h20,22-23,29,35,59H,7-19,21,24-28H2,1-6H3/t29-,35?,45+,46?,47?/m1/s1. The predicted octanol–water partition coefficient (Wildman–Crippen LogP) is 8.15. The molecule has 9 rings (SSSR count). The highest BCUT2D eigenvalue weighted by Gasteiger charge is 2.57. The van der Waals surface area contributed by atoms with Crippen molar-refractivity contribution in [3.63, 3.8) is 0 Å². The van der Waals surface area contributed by atoms with Crippen molar-refractivity contribution < 1.29 is 47.1 Å². The smallest absolute Gasteiger partial charge is 0.410 e. The number of alkyl halides is 1. The largest absolute Gasteiger partial charge is 0.471 e. The second kappa shape index (κ2) is 17.6. The average molecular weight is 927 g/mol. The lowest BCUT2D eigenvalue weighted by molar-refractivity contribution is -0.235. The summed E-state index contributed by atoms with van der Waals surface area (Å²) in [6.07, 6.45) is 7.75. The maximum Gasteiger partial charge on any atom is 0.410 e. The van der Waals surface area contributed by atoms with E-state index in [9.17, 15) is 14.3 Å². The van der Waals surface area contributed by atoms with Crippen LogP contribution in [0.15, 0.2) is 18.5 Å². The van der Waals surface area contributed by atoms with Gasteiger partial charge in [0.1, 0.15) is 35.2 Å². The van der Waals surface area contributed by atoms with Crippen molar-refractivity contribution in [3.05, 3.63) is 34.9 Å². The predicted molar refractivity (Wildman–Crippen MR) is 239 cm³/mol. The Kier molecular flexibility index (Phi) is 12.5. The number of morpholine rings is 1. The molecule has 4 aliphatic heterocycles. The fourth-order valence-electron chi connectivity index (χ4n) is 10.5. The molecule has 4 saturated heterocycles. The minimum absolute atomic E-state index is 0.00841. The number of rotatable bonds is 12. The molecule has 0 radical (unpaired) electrons. The zero-order chi connectivity index (χ0) is 45.9. The number of aromatic nitrogens is 5. The normalized spacial score (nSPS) is 27.4. The van der Waals surface area contributed by atoms with E-state index >= 15 is 4.39 Å². The number of aliphatic hydroxyl groups is 1. The second-order valence-electron chi connectivity index (χ2n) is 20.8. The molecular weight excluding hydrogens is 864 g/mol. The summed E-state index contributed by atoms with van der Waals surface area (Å²) in [5, 5.41) is 17.5. The molecule has 3 aromatic heterocycles. The zero-order valence-corrected chi connectivity index (χ0v) is 39.1. The van der Waals surface area contributed by atoms with Crippen LogP contribution in [0.3, 0.4) is 0 Å². The number of amides is 1. The van der Waals surface area contributed by atoms with E-state index in [0.717, 1.165) is 38.6 Å². The first-order valence-electron chi connectivity index (χ1n) is 23.1. The summed E-state index contributed by atoms with van der Waals surface area (Å²) < 4.78 is 70.5. The number of hydrogen-bond donors (Lipinski definition) is 1. The van der Waals surface area contributed by atoms with E-state index in [0.29, 0.717) is 85.6 Å². The summed E-state index contributed by atoms with van der Waals surface area (Å²) in [6, 6.07) is 1.76. The van der Waals surface area contributed by atoms with Gasteiger partial charge in [0, 0.05) is 67.7 Å². The van der Waals surface area contributed by atoms with Crippen LogP contribution < -0.4 is 9.47 Å². The van der Waals surface area contributed by atoms with Gasteiger partial charge in [0.25, 0.3) is 0 Å². The molecule has 4 aromatic rings. The molecular formula is C47H62ClF2N7O8. The van der Waals surface area contributed by atoms with Gasteiger partial charge in [-0.05, 0) is 105 Å². The van der Waals surface area contributed by atoms with E-state index in [1.54, 1.807) is 15.8 Å². The fourth-order valence-corrected chi connectivity index (χ4v) is 10.8. The Hall–Kier alpha value is -4.00. The van der Waals surface area contributed by atoms with E-state index in [2.05, 4.69) is 14.9 Å². The summed E-state index contributed by atoms with van der Waals surface area (Å²) in [7, 11) is 0. The Bertz CT molecular complexity index is 2410. The Balaban J connectivity index is 0.980. The van der Waals surface area contributed by atoms with Gasteiger partial charge in [0.2, 0.25) is 5.88 Å². The first-order valence-corrected chi connectivity index (χ1v) is 23.5. The summed E-state index contributed by atoms with van der Waals surface area (Å²) >= 11 is 7.17. The number of ether oxygens (including phenoxy) is 6. The Morgan fingerprint density at radius 3 is 2.60 bits per heavy atom. The monoisotopic (exact) mass is 925 g/mol. The quantitative estimate of drug-likeness (QED) is 0.136. The van der Waals surface area contributed by atoms with Crippen LogP contribution in [0.1, 0.15) is 111 Å². The van der Waals surface area contributed by atoms with Gasteiger partial charge in [-0.25, -0.2) is 18.3 Å². The van der Waals surface area contributed by atoms with Gasteiger partial charge in [-0.1, -0.05) is 11.6 Å². The van der Waals surface area contributed by atoms with E-state index in [1.165, 1.54) is 6.20 Å². The van der Waals surface area contributed by atoms with Gasteiger partial charge in [-0.3, -0.25) is 9.88 Å². The highest BCUT2D eigenvalue weighted by molar-refractivity contribution is 6.33. The highest BCUT2D eigenvalue weighted by atomic mass is 35.5. The number of carbonyl (C=O) groups is 1. The van der Waals surface area contributed by atoms with Crippen LogP contribution in [0.5, 0.6) is 11.9 Å². The van der Waals surface area contributed by atoms with Gasteiger partial charge in [-0.2, -0.15) is 15.1 Å². The zero-order valence-electron chi connectivity index (χ0n) is 38.4. The van der Waals surface area contributed by atoms with Crippen molar-refractivity contribution in [2.24, 2.45) is 0 Å². The van der Waals surface area contributed by atoms with E-state index < -0.39 is 39.9 Å². The van der Waals surface area contributed by atoms with Crippen LogP contribution in [-0.2, 0) is 25.4 Å². The van der Waals surface area contributed by atoms with Crippen molar-refractivity contribution in [1.82, 2.24) is 34.5 Å². The number of carbonyl (C=O) groups excluding carboxylic acids is 1. The Morgan fingerprint density at radius 1 is 1.03 bits per heavy atom. The number of benzene rings is 1. The number of nitrogens with zero attached hydrogens (tertiary/aromatic N) is 7. The fraction of sp³-hybridized carbons (Fsp3) is 0.681. The van der Waals surface area contributed by atoms with Crippen LogP contribution >= 0.6 is 11.6 Å². The van der Waals surface area contributed by atoms with E-state index in [1.807, 2.05) is 47.6 Å². The first kappa shape index (κ1) is 46.1. The Labute approximate surface area is 383 Å². The second-order valence-corrected chi connectivity index (χ2v) is 21.2. The van der Waals surface area contributed by atoms with Gasteiger partial charge in [-0.15, -0.1) is 0 Å². The van der Waals surface area contributed by atoms with Crippen LogP contribution in [0.25, 0.3) is 33.1 Å². The van der Waals surface area contributed by atoms with Gasteiger partial charge < -0.3 is 38.4 Å². The molecule has 1 aliphatic carbocycles. The SMILES string of the molecule is CC(C)(C)OC(=O)N1CCOC2(C1)CC(O)(CCOCCc1c(Cl)cc3c(cnn3C3CCCCO3)c1-c1ncc3c(OC(C)(C)C)nc(OC[C@@]45CCCN4C[C@H](F)C5)nc3c1F)C2. The molecule has 5 aliphatic rings. The molecule has 65 heavy (non-hydrogen) atoms. The summed E-state index contributed by atoms with van der Waals surface area (Å²) in [5.41, 5.74) is -1.75. The number of fused-ring (bicyclic) bond motifs is 3. The van der Waals surface area contributed by atoms with Crippen LogP contribution in [0, 0.1) is 5.82 Å². The molecule has 1 saturated carbocycles. The minimum Gasteiger partial charge on any atom is -0.471 e.